The Morgan fingerprint density at radius 3 is 0.944 bits per heavy atom. The van der Waals surface area contributed by atoms with Gasteiger partial charge < -0.3 is 52.3 Å². The number of allylic oxidation sites excluding steroid dienone is 2. The molecule has 0 aliphatic heterocycles. The van der Waals surface area contributed by atoms with Gasteiger partial charge in [-0.3, -0.25) is 48.7 Å². The van der Waals surface area contributed by atoms with Gasteiger partial charge in [-0.25, -0.2) is 39.9 Å². The Kier molecular flexibility index (Phi) is 36.5. The van der Waals surface area contributed by atoms with Gasteiger partial charge in [0.2, 0.25) is 11.8 Å². The highest BCUT2D eigenvalue weighted by atomic mass is 16.2. The highest BCUT2D eigenvalue weighted by Crippen LogP contribution is 2.28. The summed E-state index contributed by atoms with van der Waals surface area (Å²) < 4.78 is 0. The molecule has 0 aliphatic rings. The van der Waals surface area contributed by atoms with E-state index in [1.54, 1.807) is 165 Å². The van der Waals surface area contributed by atoms with Crippen LogP contribution in [-0.4, -0.2) is 146 Å². The van der Waals surface area contributed by atoms with Crippen LogP contribution in [0.3, 0.4) is 0 Å². The molecular weight excluding hydrogens is 1770 g/mol. The number of carbonyl (C=O) groups is 6. The van der Waals surface area contributed by atoms with Crippen molar-refractivity contribution in [1.29, 1.82) is 0 Å². The average Bonchev–Trinajstić information content (AvgIpc) is 0.829. The molecule has 708 valence electrons. The number of benzene rings is 8. The van der Waals surface area contributed by atoms with Gasteiger partial charge in [-0.2, -0.15) is 0 Å². The summed E-state index contributed by atoms with van der Waals surface area (Å²) in [5.74, 6) is 1.47. The van der Waals surface area contributed by atoms with Gasteiger partial charge in [0, 0.05) is 227 Å². The first-order chi connectivity index (χ1) is 68.9. The minimum absolute atomic E-state index is 0.175. The maximum Gasteiger partial charge on any atom is 0.256 e. The zero-order valence-electron chi connectivity index (χ0n) is 79.4. The number of nitrogens with zero attached hydrogens (tertiary/aromatic N) is 14. The summed E-state index contributed by atoms with van der Waals surface area (Å²) in [5, 5.41) is 23.5. The molecule has 0 saturated carbocycles. The second-order valence-corrected chi connectivity index (χ2v) is 32.9. The number of amides is 6. The van der Waals surface area contributed by atoms with Crippen LogP contribution in [0.15, 0.2) is 403 Å². The number of likely N-dealkylation sites (N-methyl/N-ethyl adjacent to an activating group) is 2. The number of aryl methyl sites for hydroxylation is 2. The summed E-state index contributed by atoms with van der Waals surface area (Å²) >= 11 is 0. The van der Waals surface area contributed by atoms with Gasteiger partial charge in [-0.15, -0.1) is 0 Å². The summed E-state index contributed by atoms with van der Waals surface area (Å²) in [7, 11) is 7.71. The molecule has 0 saturated heterocycles. The Morgan fingerprint density at radius 1 is 0.303 bits per heavy atom. The Bertz CT molecular complexity index is 7150. The van der Waals surface area contributed by atoms with E-state index < -0.39 is 0 Å². The van der Waals surface area contributed by atoms with Gasteiger partial charge in [0.15, 0.2) is 0 Å². The fourth-order valence-electron chi connectivity index (χ4n) is 14.0. The third-order valence-electron chi connectivity index (χ3n) is 21.3. The quantitative estimate of drug-likeness (QED) is 0.0137. The lowest BCUT2D eigenvalue weighted by atomic mass is 10.0. The minimum Gasteiger partial charge on any atom is -0.356 e. The van der Waals surface area contributed by atoms with Crippen molar-refractivity contribution in [2.24, 2.45) is 0 Å². The Labute approximate surface area is 825 Å². The standard InChI is InChI=1S/C30H30N6O2.C29H28N6O2.C28H25N5O.C27H23N5O/c1-21-17-26(12-11-22(21)19-28-32-15-13-27(35-28)24-8-5-14-31-20-24)34-30(38)23-7-4-9-25(18-23)33-29(37)10-6-16-36(2)3;1-35(2)17-5-9-28(36)32-25-8-3-6-22(19-25)29(37)33-24-12-10-21(11-13-24)18-27-31-16-14-26(34-27)23-7-4-15-30-20-23;1-4-20(3)31-24-10-7-19(2)25(17-24)28(34)32-23-11-8-21(9-12-23)16-27-30-15-13-26(33-27)22-6-5-14-29-18-22;1-3-19(2)30-24-8-4-6-21(17-24)27(33)31-23-11-9-20(10-12-23)16-26-29-15-13-25(32-26)22-7-5-14-28-18-22/h4-15,17-18,20H,16,19H2,1-3H3,(H,33,37)(H,34,38);3-16,19-20H,17-18H2,1-2H3,(H,32,36)(H,33,37);4-15,17-18,31H,1,3,16H2,2H3,(H,32,34);3-15,17-18,30H,1-2,16H2,(H,31,33)/b10-6+;9-5-;;. The number of anilines is 8. The van der Waals surface area contributed by atoms with Crippen molar-refractivity contribution in [2.45, 2.75) is 39.5 Å². The number of nitrogens with one attached hydrogen (secondary N) is 8. The fourth-order valence-corrected chi connectivity index (χ4v) is 14.0. The van der Waals surface area contributed by atoms with Gasteiger partial charge in [-0.1, -0.05) is 105 Å². The monoisotopic (exact) mass is 1880 g/mol. The lowest BCUT2D eigenvalue weighted by molar-refractivity contribution is -0.112. The van der Waals surface area contributed by atoms with E-state index in [-0.39, 0.29) is 35.4 Å². The number of pyridine rings is 4. The van der Waals surface area contributed by atoms with Crippen molar-refractivity contribution < 1.29 is 28.8 Å². The third-order valence-corrected chi connectivity index (χ3v) is 21.3. The van der Waals surface area contributed by atoms with Crippen LogP contribution in [0.5, 0.6) is 0 Å². The Morgan fingerprint density at radius 2 is 0.613 bits per heavy atom. The van der Waals surface area contributed by atoms with Crippen molar-refractivity contribution in [3.63, 3.8) is 0 Å². The van der Waals surface area contributed by atoms with Crippen LogP contribution in [0.2, 0.25) is 0 Å². The van der Waals surface area contributed by atoms with Crippen molar-refractivity contribution in [3.8, 4) is 45.0 Å². The zero-order chi connectivity index (χ0) is 99.9. The highest BCUT2D eigenvalue weighted by molar-refractivity contribution is 6.09. The normalized spacial score (nSPS) is 10.7. The molecule has 0 spiro atoms. The molecule has 8 aromatic carbocycles. The average molecular weight is 1880 g/mol. The molecular formula is C114H106N22O6. The van der Waals surface area contributed by atoms with Crippen LogP contribution in [0.25, 0.3) is 45.0 Å². The number of hydrogen-bond acceptors (Lipinski definition) is 22. The molecule has 0 bridgehead atoms. The Balaban J connectivity index is 0.000000159. The molecule has 28 nitrogen and oxygen atoms in total. The van der Waals surface area contributed by atoms with E-state index >= 15 is 0 Å². The van der Waals surface area contributed by atoms with E-state index in [1.165, 1.54) is 12.2 Å². The molecule has 142 heavy (non-hydrogen) atoms. The molecule has 28 heteroatoms. The van der Waals surface area contributed by atoms with Gasteiger partial charge in [0.1, 0.15) is 23.3 Å². The predicted octanol–water partition coefficient (Wildman–Crippen LogP) is 20.5. The highest BCUT2D eigenvalue weighted by Gasteiger charge is 2.18. The van der Waals surface area contributed by atoms with Crippen LogP contribution < -0.4 is 42.5 Å². The summed E-state index contributed by atoms with van der Waals surface area (Å²) in [6, 6.07) is 78.1. The molecule has 16 rings (SSSR count). The predicted molar refractivity (Wildman–Crippen MR) is 564 cm³/mol. The first-order valence-electron chi connectivity index (χ1n) is 45.3. The summed E-state index contributed by atoms with van der Waals surface area (Å²) in [6.07, 6.45) is 33.1. The van der Waals surface area contributed by atoms with E-state index in [4.69, 9.17) is 0 Å². The Hall–Kier alpha value is -18.5. The molecule has 0 atom stereocenters. The van der Waals surface area contributed by atoms with E-state index in [2.05, 4.69) is 129 Å². The maximum atomic E-state index is 12.9. The summed E-state index contributed by atoms with van der Waals surface area (Å²) in [4.78, 5) is 132. The second-order valence-electron chi connectivity index (χ2n) is 32.9. The van der Waals surface area contributed by atoms with Crippen LogP contribution in [0, 0.1) is 13.8 Å². The molecule has 16 aromatic rings. The number of carbonyl (C=O) groups excluding carboxylic acids is 6. The molecule has 0 fully saturated rings. The number of aromatic nitrogens is 12. The topological polar surface area (TPSA) is 360 Å². The van der Waals surface area contributed by atoms with Gasteiger partial charge >= 0.3 is 0 Å². The van der Waals surface area contributed by atoms with Gasteiger partial charge in [-0.05, 0) is 276 Å². The molecule has 8 aromatic heterocycles. The molecule has 8 N–H and O–H groups in total. The van der Waals surface area contributed by atoms with Crippen molar-refractivity contribution in [2.75, 3.05) is 83.8 Å². The molecule has 0 unspecified atom stereocenters. The van der Waals surface area contributed by atoms with Gasteiger partial charge in [0.05, 0.1) is 22.8 Å². The molecule has 0 radical (unpaired) electrons. The fraction of sp³-hybridized carbons (Fsp3) is 0.105. The minimum atomic E-state index is -0.264. The van der Waals surface area contributed by atoms with E-state index in [0.717, 1.165) is 101 Å². The zero-order valence-corrected chi connectivity index (χ0v) is 79.4. The summed E-state index contributed by atoms with van der Waals surface area (Å²) in [5.41, 5.74) is 22.0. The van der Waals surface area contributed by atoms with E-state index in [9.17, 15) is 28.8 Å². The molecule has 0 aliphatic carbocycles. The number of rotatable bonds is 34. The van der Waals surface area contributed by atoms with Crippen molar-refractivity contribution in [1.82, 2.24) is 69.6 Å². The largest absolute Gasteiger partial charge is 0.356 e. The first kappa shape index (κ1) is 101. The maximum absolute atomic E-state index is 12.9. The second kappa shape index (κ2) is 51.4. The molecule has 8 heterocycles. The van der Waals surface area contributed by atoms with Crippen LogP contribution in [0.1, 0.15) is 98.1 Å². The third kappa shape index (κ3) is 31.8. The van der Waals surface area contributed by atoms with Gasteiger partial charge in [0.25, 0.3) is 23.6 Å². The lowest BCUT2D eigenvalue weighted by Gasteiger charge is -2.12. The smallest absolute Gasteiger partial charge is 0.256 e. The van der Waals surface area contributed by atoms with Crippen LogP contribution in [-0.2, 0) is 35.3 Å². The lowest BCUT2D eigenvalue weighted by Crippen LogP contribution is -2.14. The van der Waals surface area contributed by atoms with E-state index in [0.29, 0.717) is 118 Å². The SMILES string of the molecule is C=CC(=C)Nc1ccc(C)c(C(=O)Nc2ccc(Cc3nccc(-c4cccnc4)n3)cc2)c1.C=CC(=C)Nc1cccc(C(=O)Nc2ccc(Cc3nccc(-c4cccnc4)n3)cc2)c1.CN(C)C/C=C\C(=O)Nc1cccc(C(=O)Nc2ccc(Cc3nccc(-c4cccnc4)n3)cc2)c1.Cc1cc(NC(=O)c2cccc(NC(=O)/C=C/CN(C)C)c2)ccc1Cc1nccc(-c2cccnc2)n1. The van der Waals surface area contributed by atoms with Crippen LogP contribution in [0.4, 0.5) is 45.5 Å². The number of hydrogen-bond donors (Lipinski definition) is 8. The van der Waals surface area contributed by atoms with Crippen LogP contribution >= 0.6 is 0 Å². The molecule has 6 amide bonds. The van der Waals surface area contributed by atoms with Crippen molar-refractivity contribution >= 4 is 80.9 Å². The summed E-state index contributed by atoms with van der Waals surface area (Å²) in [6.45, 7) is 20.3. The van der Waals surface area contributed by atoms with E-state index in [1.807, 2.05) is 240 Å². The van der Waals surface area contributed by atoms with Crippen molar-refractivity contribution in [3.05, 3.63) is 482 Å². The first-order valence-corrected chi connectivity index (χ1v) is 45.3.